The summed E-state index contributed by atoms with van der Waals surface area (Å²) in [5, 5.41) is 0. The lowest BCUT2D eigenvalue weighted by Gasteiger charge is -2.03. The van der Waals surface area contributed by atoms with Gasteiger partial charge < -0.3 is 14.9 Å². The van der Waals surface area contributed by atoms with Gasteiger partial charge in [-0.1, -0.05) is 0 Å². The van der Waals surface area contributed by atoms with Crippen LogP contribution in [0.5, 0.6) is 0 Å². The quantitative estimate of drug-likeness (QED) is 0.703. The second-order valence-corrected chi connectivity index (χ2v) is 2.93. The Bertz CT molecular complexity index is 253. The molecule has 0 spiro atoms. The van der Waals surface area contributed by atoms with Gasteiger partial charge in [0.2, 0.25) is 0 Å². The molecule has 12 heavy (non-hydrogen) atoms. The van der Waals surface area contributed by atoms with Crippen LogP contribution >= 0.6 is 0 Å². The molecule has 1 atom stereocenters. The minimum Gasteiger partial charge on any atom is -0.448 e. The highest BCUT2D eigenvalue weighted by molar-refractivity contribution is 5.13. The molecule has 0 amide bonds. The molecule has 66 valence electrons. The highest BCUT2D eigenvalue weighted by Crippen LogP contribution is 2.27. The number of hydrogen-bond acceptors (Lipinski definition) is 4. The van der Waals surface area contributed by atoms with Gasteiger partial charge in [0.15, 0.2) is 6.39 Å². The average Bonchev–Trinajstić information content (AvgIpc) is 2.74. The van der Waals surface area contributed by atoms with Gasteiger partial charge in [-0.15, -0.1) is 0 Å². The van der Waals surface area contributed by atoms with Gasteiger partial charge in [-0.05, 0) is 6.42 Å². The molecule has 4 nitrogen and oxygen atoms in total. The zero-order chi connectivity index (χ0) is 8.39. The van der Waals surface area contributed by atoms with Crippen molar-refractivity contribution in [2.45, 2.75) is 18.9 Å². The molecule has 1 fully saturated rings. The average molecular weight is 168 g/mol. The smallest absolute Gasteiger partial charge is 0.181 e. The topological polar surface area (TPSA) is 61.3 Å². The van der Waals surface area contributed by atoms with Crippen LogP contribution in [0.25, 0.3) is 0 Å². The Labute approximate surface area is 70.7 Å². The fraction of sp³-hybridized carbons (Fsp3) is 0.625. The summed E-state index contributed by atoms with van der Waals surface area (Å²) >= 11 is 0. The number of aromatic nitrogens is 1. The number of oxazole rings is 1. The van der Waals surface area contributed by atoms with Crippen LogP contribution in [-0.2, 0) is 11.3 Å². The van der Waals surface area contributed by atoms with E-state index in [-0.39, 0.29) is 0 Å². The summed E-state index contributed by atoms with van der Waals surface area (Å²) < 4.78 is 10.5. The van der Waals surface area contributed by atoms with Crippen LogP contribution in [0.3, 0.4) is 0 Å². The molecule has 0 radical (unpaired) electrons. The van der Waals surface area contributed by atoms with E-state index in [1.54, 1.807) is 0 Å². The molecule has 1 saturated heterocycles. The minimum absolute atomic E-state index is 0.367. The van der Waals surface area contributed by atoms with Crippen LogP contribution in [0.15, 0.2) is 10.8 Å². The first kappa shape index (κ1) is 7.76. The van der Waals surface area contributed by atoms with E-state index in [9.17, 15) is 0 Å². The van der Waals surface area contributed by atoms with Crippen LogP contribution < -0.4 is 5.73 Å². The third-order valence-electron chi connectivity index (χ3n) is 2.17. The summed E-state index contributed by atoms with van der Waals surface area (Å²) in [7, 11) is 0. The van der Waals surface area contributed by atoms with Crippen molar-refractivity contribution < 1.29 is 9.15 Å². The van der Waals surface area contributed by atoms with E-state index in [1.807, 2.05) is 0 Å². The van der Waals surface area contributed by atoms with Crippen molar-refractivity contribution in [1.29, 1.82) is 0 Å². The zero-order valence-corrected chi connectivity index (χ0v) is 6.82. The maximum absolute atomic E-state index is 5.50. The molecule has 1 aromatic heterocycles. The van der Waals surface area contributed by atoms with Crippen molar-refractivity contribution in [2.75, 3.05) is 13.2 Å². The molecule has 2 N–H and O–H groups in total. The van der Waals surface area contributed by atoms with Crippen molar-refractivity contribution in [3.63, 3.8) is 0 Å². The molecule has 2 rings (SSSR count). The standard InChI is InChI=1S/C8H12N2O2/c9-3-7-8(12-5-10-7)6-1-2-11-4-6/h5-6H,1-4,9H2. The first-order valence-electron chi connectivity index (χ1n) is 4.12. The van der Waals surface area contributed by atoms with E-state index < -0.39 is 0 Å². The van der Waals surface area contributed by atoms with Crippen molar-refractivity contribution in [1.82, 2.24) is 4.98 Å². The second kappa shape index (κ2) is 3.25. The molecule has 0 bridgehead atoms. The maximum atomic E-state index is 5.50. The Kier molecular flexibility index (Phi) is 2.10. The van der Waals surface area contributed by atoms with Crippen LogP contribution in [0.2, 0.25) is 0 Å². The van der Waals surface area contributed by atoms with E-state index in [2.05, 4.69) is 4.98 Å². The molecule has 0 aromatic carbocycles. The van der Waals surface area contributed by atoms with Crippen LogP contribution in [0, 0.1) is 0 Å². The molecule has 1 aliphatic rings. The second-order valence-electron chi connectivity index (χ2n) is 2.93. The Morgan fingerprint density at radius 2 is 2.58 bits per heavy atom. The van der Waals surface area contributed by atoms with E-state index in [0.717, 1.165) is 31.1 Å². The molecule has 2 heterocycles. The maximum Gasteiger partial charge on any atom is 0.181 e. The van der Waals surface area contributed by atoms with Crippen LogP contribution in [0.1, 0.15) is 23.8 Å². The van der Waals surface area contributed by atoms with Gasteiger partial charge >= 0.3 is 0 Å². The SMILES string of the molecule is NCc1ncoc1C1CCOC1. The van der Waals surface area contributed by atoms with Gasteiger partial charge in [0, 0.05) is 19.1 Å². The third-order valence-corrected chi connectivity index (χ3v) is 2.17. The summed E-state index contributed by atoms with van der Waals surface area (Å²) in [5.41, 5.74) is 6.37. The van der Waals surface area contributed by atoms with Crippen molar-refractivity contribution >= 4 is 0 Å². The first-order valence-corrected chi connectivity index (χ1v) is 4.12. The van der Waals surface area contributed by atoms with E-state index in [1.165, 1.54) is 6.39 Å². The summed E-state index contributed by atoms with van der Waals surface area (Å²) in [4.78, 5) is 4.03. The monoisotopic (exact) mass is 168 g/mol. The summed E-state index contributed by atoms with van der Waals surface area (Å²) in [6.07, 6.45) is 2.47. The van der Waals surface area contributed by atoms with Gasteiger partial charge in [0.05, 0.1) is 12.3 Å². The molecular formula is C8H12N2O2. The lowest BCUT2D eigenvalue weighted by molar-refractivity contribution is 0.191. The first-order chi connectivity index (χ1) is 5.92. The Balaban J connectivity index is 2.19. The summed E-state index contributed by atoms with van der Waals surface area (Å²) in [6, 6.07) is 0. The van der Waals surface area contributed by atoms with Gasteiger partial charge in [-0.3, -0.25) is 0 Å². The van der Waals surface area contributed by atoms with E-state index in [0.29, 0.717) is 12.5 Å². The Hall–Kier alpha value is -0.870. The largest absolute Gasteiger partial charge is 0.448 e. The minimum atomic E-state index is 0.367. The van der Waals surface area contributed by atoms with Gasteiger partial charge in [0.1, 0.15) is 5.76 Å². The Morgan fingerprint density at radius 3 is 3.25 bits per heavy atom. The fourth-order valence-electron chi connectivity index (χ4n) is 1.50. The number of rotatable bonds is 2. The van der Waals surface area contributed by atoms with Gasteiger partial charge in [0.25, 0.3) is 0 Å². The number of ether oxygens (including phenoxy) is 1. The normalized spacial score (nSPS) is 23.2. The molecule has 4 heteroatoms. The molecule has 1 unspecified atom stereocenters. The number of nitrogens with two attached hydrogens (primary N) is 1. The van der Waals surface area contributed by atoms with Gasteiger partial charge in [-0.25, -0.2) is 4.98 Å². The predicted octanol–water partition coefficient (Wildman–Crippen LogP) is 0.637. The van der Waals surface area contributed by atoms with E-state index >= 15 is 0 Å². The third kappa shape index (κ3) is 1.23. The summed E-state index contributed by atoms with van der Waals surface area (Å²) in [6.45, 7) is 2.00. The number of nitrogens with zero attached hydrogens (tertiary/aromatic N) is 1. The lowest BCUT2D eigenvalue weighted by Crippen LogP contribution is -2.04. The highest BCUT2D eigenvalue weighted by Gasteiger charge is 2.23. The van der Waals surface area contributed by atoms with Gasteiger partial charge in [-0.2, -0.15) is 0 Å². The molecule has 0 aliphatic carbocycles. The van der Waals surface area contributed by atoms with Crippen LogP contribution in [-0.4, -0.2) is 18.2 Å². The van der Waals surface area contributed by atoms with Crippen molar-refractivity contribution in [3.05, 3.63) is 17.8 Å². The molecular weight excluding hydrogens is 156 g/mol. The highest BCUT2D eigenvalue weighted by atomic mass is 16.5. The van der Waals surface area contributed by atoms with Crippen molar-refractivity contribution in [3.8, 4) is 0 Å². The Morgan fingerprint density at radius 1 is 1.67 bits per heavy atom. The molecule has 1 aromatic rings. The fourth-order valence-corrected chi connectivity index (χ4v) is 1.50. The molecule has 0 saturated carbocycles. The number of hydrogen-bond donors (Lipinski definition) is 1. The van der Waals surface area contributed by atoms with Crippen LogP contribution in [0.4, 0.5) is 0 Å². The summed E-state index contributed by atoms with van der Waals surface area (Å²) in [5.74, 6) is 1.28. The van der Waals surface area contributed by atoms with Crippen molar-refractivity contribution in [2.24, 2.45) is 5.73 Å². The lowest BCUT2D eigenvalue weighted by atomic mass is 10.0. The molecule has 1 aliphatic heterocycles. The van der Waals surface area contributed by atoms with E-state index in [4.69, 9.17) is 14.9 Å². The predicted molar refractivity (Wildman–Crippen MR) is 42.6 cm³/mol. The zero-order valence-electron chi connectivity index (χ0n) is 6.82.